The Kier molecular flexibility index (Phi) is 5.93. The average molecular weight is 362 g/mol. The maximum absolute atomic E-state index is 12.3. The second-order valence-corrected chi connectivity index (χ2v) is 7.28. The Labute approximate surface area is 146 Å². The van der Waals surface area contributed by atoms with Crippen molar-refractivity contribution in [3.05, 3.63) is 59.7 Å². The van der Waals surface area contributed by atoms with Crippen LogP contribution in [0.2, 0.25) is 0 Å². The highest BCUT2D eigenvalue weighted by molar-refractivity contribution is 7.91. The van der Waals surface area contributed by atoms with Crippen molar-refractivity contribution in [2.75, 3.05) is 12.4 Å². The zero-order valence-electron chi connectivity index (χ0n) is 13.9. The van der Waals surface area contributed by atoms with Crippen LogP contribution in [0.1, 0.15) is 34.6 Å². The van der Waals surface area contributed by atoms with Gasteiger partial charge in [-0.05, 0) is 43.3 Å². The Hall–Kier alpha value is -2.67. The molecule has 0 unspecified atom stereocenters. The molecule has 0 bridgehead atoms. The molecule has 0 atom stereocenters. The lowest BCUT2D eigenvalue weighted by molar-refractivity contribution is 0.0526. The molecule has 2 aromatic rings. The van der Waals surface area contributed by atoms with Crippen molar-refractivity contribution in [3.8, 4) is 5.75 Å². The van der Waals surface area contributed by atoms with Crippen LogP contribution in [0.5, 0.6) is 5.75 Å². The minimum atomic E-state index is -3.55. The Bertz CT molecular complexity index is 869. The average Bonchev–Trinajstić information content (AvgIpc) is 2.62. The number of hydrogen-bond donors (Lipinski definition) is 0. The highest BCUT2D eigenvalue weighted by Crippen LogP contribution is 2.20. The molecule has 2 rings (SSSR count). The molecule has 25 heavy (non-hydrogen) atoms. The number of benzene rings is 2. The largest absolute Gasteiger partial charge is 0.462 e. The predicted octanol–water partition coefficient (Wildman–Crippen LogP) is 2.88. The number of sulfone groups is 1. The van der Waals surface area contributed by atoms with E-state index in [1.165, 1.54) is 43.3 Å². The van der Waals surface area contributed by atoms with E-state index in [9.17, 15) is 18.0 Å². The highest BCUT2D eigenvalue weighted by Gasteiger charge is 2.22. The van der Waals surface area contributed by atoms with Crippen LogP contribution in [-0.2, 0) is 14.6 Å². The first-order valence-electron chi connectivity index (χ1n) is 7.70. The fourth-order valence-electron chi connectivity index (χ4n) is 2.10. The quantitative estimate of drug-likeness (QED) is 0.580. The predicted molar refractivity (Wildman–Crippen MR) is 91.5 cm³/mol. The molecule has 0 heterocycles. The van der Waals surface area contributed by atoms with E-state index in [0.717, 1.165) is 0 Å². The standard InChI is InChI=1S/C18H18O6S/c1-3-23-17(19)13-9-11-14(12-10-13)24-18(20)15-7-5-6-8-16(15)25(21,22)4-2/h5-12H,3-4H2,1-2H3. The Balaban J connectivity index is 2.22. The molecule has 6 nitrogen and oxygen atoms in total. The molecule has 0 aliphatic carbocycles. The van der Waals surface area contributed by atoms with Crippen LogP contribution in [0.4, 0.5) is 0 Å². The van der Waals surface area contributed by atoms with E-state index in [-0.39, 0.29) is 28.6 Å². The highest BCUT2D eigenvalue weighted by atomic mass is 32.2. The summed E-state index contributed by atoms with van der Waals surface area (Å²) in [5.74, 6) is -1.18. The summed E-state index contributed by atoms with van der Waals surface area (Å²) < 4.78 is 34.3. The van der Waals surface area contributed by atoms with E-state index in [0.29, 0.717) is 5.56 Å². The molecule has 0 saturated carbocycles. The van der Waals surface area contributed by atoms with E-state index in [2.05, 4.69) is 0 Å². The van der Waals surface area contributed by atoms with Crippen LogP contribution in [-0.4, -0.2) is 32.7 Å². The van der Waals surface area contributed by atoms with E-state index < -0.39 is 21.8 Å². The third-order valence-electron chi connectivity index (χ3n) is 3.40. The number of ether oxygens (including phenoxy) is 2. The number of carbonyl (C=O) groups is 2. The van der Waals surface area contributed by atoms with Crippen molar-refractivity contribution in [2.45, 2.75) is 18.7 Å². The second-order valence-electron chi connectivity index (χ2n) is 5.03. The van der Waals surface area contributed by atoms with Gasteiger partial charge in [-0.2, -0.15) is 0 Å². The van der Waals surface area contributed by atoms with E-state index in [1.807, 2.05) is 0 Å². The molecule has 0 aromatic heterocycles. The first-order valence-corrected chi connectivity index (χ1v) is 9.35. The molecule has 0 aliphatic rings. The van der Waals surface area contributed by atoms with Crippen LogP contribution in [0, 0.1) is 0 Å². The van der Waals surface area contributed by atoms with Gasteiger partial charge in [0.2, 0.25) is 0 Å². The van der Waals surface area contributed by atoms with Gasteiger partial charge in [0, 0.05) is 0 Å². The monoisotopic (exact) mass is 362 g/mol. The summed E-state index contributed by atoms with van der Waals surface area (Å²) in [4.78, 5) is 23.9. The van der Waals surface area contributed by atoms with Crippen molar-refractivity contribution < 1.29 is 27.5 Å². The lowest BCUT2D eigenvalue weighted by Gasteiger charge is -2.09. The molecule has 0 spiro atoms. The summed E-state index contributed by atoms with van der Waals surface area (Å²) in [6.45, 7) is 3.47. The molecular formula is C18H18O6S. The zero-order chi connectivity index (χ0) is 18.4. The maximum atomic E-state index is 12.3. The molecule has 7 heteroatoms. The van der Waals surface area contributed by atoms with Crippen LogP contribution >= 0.6 is 0 Å². The number of carbonyl (C=O) groups excluding carboxylic acids is 2. The Morgan fingerprint density at radius 2 is 1.56 bits per heavy atom. The summed E-state index contributed by atoms with van der Waals surface area (Å²) in [5.41, 5.74) is 0.300. The van der Waals surface area contributed by atoms with Crippen molar-refractivity contribution >= 4 is 21.8 Å². The molecular weight excluding hydrogens is 344 g/mol. The summed E-state index contributed by atoms with van der Waals surface area (Å²) in [6, 6.07) is 11.7. The normalized spacial score (nSPS) is 11.0. The van der Waals surface area contributed by atoms with Gasteiger partial charge in [0.25, 0.3) is 0 Å². The van der Waals surface area contributed by atoms with Gasteiger partial charge in [0.1, 0.15) is 5.75 Å². The summed E-state index contributed by atoms with van der Waals surface area (Å²) in [6.07, 6.45) is 0. The molecule has 0 radical (unpaired) electrons. The lowest BCUT2D eigenvalue weighted by atomic mass is 10.2. The SMILES string of the molecule is CCOC(=O)c1ccc(OC(=O)c2ccccc2S(=O)(=O)CC)cc1. The van der Waals surface area contributed by atoms with Gasteiger partial charge < -0.3 is 9.47 Å². The van der Waals surface area contributed by atoms with Crippen molar-refractivity contribution in [1.82, 2.24) is 0 Å². The fourth-order valence-corrected chi connectivity index (χ4v) is 3.18. The Morgan fingerprint density at radius 3 is 2.16 bits per heavy atom. The third kappa shape index (κ3) is 4.45. The van der Waals surface area contributed by atoms with Crippen LogP contribution in [0.25, 0.3) is 0 Å². The van der Waals surface area contributed by atoms with Crippen LogP contribution in [0.3, 0.4) is 0 Å². The lowest BCUT2D eigenvalue weighted by Crippen LogP contribution is -2.15. The molecule has 0 fully saturated rings. The van der Waals surface area contributed by atoms with E-state index in [4.69, 9.17) is 9.47 Å². The molecule has 0 aliphatic heterocycles. The Morgan fingerprint density at radius 1 is 0.920 bits per heavy atom. The van der Waals surface area contributed by atoms with Gasteiger partial charge in [-0.3, -0.25) is 0 Å². The number of rotatable bonds is 6. The molecule has 0 saturated heterocycles. The van der Waals surface area contributed by atoms with Crippen LogP contribution in [0.15, 0.2) is 53.4 Å². The minimum absolute atomic E-state index is 0.0289. The smallest absolute Gasteiger partial charge is 0.344 e. The van der Waals surface area contributed by atoms with E-state index in [1.54, 1.807) is 19.1 Å². The molecule has 0 N–H and O–H groups in total. The van der Waals surface area contributed by atoms with Gasteiger partial charge in [-0.15, -0.1) is 0 Å². The van der Waals surface area contributed by atoms with Gasteiger partial charge in [0.05, 0.1) is 28.4 Å². The van der Waals surface area contributed by atoms with Gasteiger partial charge in [-0.25, -0.2) is 18.0 Å². The summed E-state index contributed by atoms with van der Waals surface area (Å²) >= 11 is 0. The molecule has 0 amide bonds. The molecule has 132 valence electrons. The first-order chi connectivity index (χ1) is 11.9. The van der Waals surface area contributed by atoms with Gasteiger partial charge >= 0.3 is 11.9 Å². The third-order valence-corrected chi connectivity index (χ3v) is 5.18. The summed E-state index contributed by atoms with van der Waals surface area (Å²) in [7, 11) is -3.55. The van der Waals surface area contributed by atoms with Crippen molar-refractivity contribution in [3.63, 3.8) is 0 Å². The van der Waals surface area contributed by atoms with Gasteiger partial charge in [0.15, 0.2) is 9.84 Å². The van der Waals surface area contributed by atoms with Gasteiger partial charge in [-0.1, -0.05) is 19.1 Å². The van der Waals surface area contributed by atoms with Crippen molar-refractivity contribution in [1.29, 1.82) is 0 Å². The summed E-state index contributed by atoms with van der Waals surface area (Å²) in [5, 5.41) is 0. The molecule has 2 aromatic carbocycles. The topological polar surface area (TPSA) is 86.7 Å². The fraction of sp³-hybridized carbons (Fsp3) is 0.222. The minimum Gasteiger partial charge on any atom is -0.462 e. The number of esters is 2. The first kappa shape index (κ1) is 18.7. The zero-order valence-corrected chi connectivity index (χ0v) is 14.7. The second kappa shape index (κ2) is 7.94. The maximum Gasteiger partial charge on any atom is 0.344 e. The van der Waals surface area contributed by atoms with E-state index >= 15 is 0 Å². The van der Waals surface area contributed by atoms with Crippen molar-refractivity contribution in [2.24, 2.45) is 0 Å². The number of hydrogen-bond acceptors (Lipinski definition) is 6. The van der Waals surface area contributed by atoms with Crippen LogP contribution < -0.4 is 4.74 Å².